The number of benzene rings is 1. The number of ether oxygens (including phenoxy) is 2. The Morgan fingerprint density at radius 3 is 2.70 bits per heavy atom. The normalized spacial score (nSPS) is 22.9. The molecular weight excluding hydrogens is 430 g/mol. The molecule has 1 amide bonds. The van der Waals surface area contributed by atoms with E-state index in [0.29, 0.717) is 45.4 Å². The molecule has 5 rings (SSSR count). The Labute approximate surface area is 191 Å². The summed E-state index contributed by atoms with van der Waals surface area (Å²) in [5, 5.41) is 3.40. The molecular formula is C24H28F2N4O3. The maximum absolute atomic E-state index is 13.8. The minimum absolute atomic E-state index is 0.0179. The van der Waals surface area contributed by atoms with Crippen molar-refractivity contribution >= 4 is 28.8 Å². The van der Waals surface area contributed by atoms with Gasteiger partial charge in [0.05, 0.1) is 37.2 Å². The number of nitrogens with one attached hydrogen (secondary N) is 1. The molecule has 1 aliphatic carbocycles. The van der Waals surface area contributed by atoms with Gasteiger partial charge in [0.2, 0.25) is 5.91 Å². The lowest BCUT2D eigenvalue weighted by atomic mass is 9.86. The lowest BCUT2D eigenvalue weighted by Gasteiger charge is -2.33. The SMILES string of the molecule is O=C(C1CCC(OC(F)F)CC1)N1Cc2cccnc2Nc2ccc(N3CCOCC3)cc21. The third-order valence-corrected chi connectivity index (χ3v) is 6.71. The predicted molar refractivity (Wildman–Crippen MR) is 121 cm³/mol. The van der Waals surface area contributed by atoms with Crippen LogP contribution in [-0.2, 0) is 20.8 Å². The molecule has 33 heavy (non-hydrogen) atoms. The first kappa shape index (κ1) is 22.0. The Morgan fingerprint density at radius 1 is 1.15 bits per heavy atom. The number of morpholine rings is 1. The summed E-state index contributed by atoms with van der Waals surface area (Å²) in [7, 11) is 0. The molecule has 176 valence electrons. The maximum atomic E-state index is 13.8. The molecule has 1 aromatic carbocycles. The molecule has 3 aliphatic rings. The number of alkyl halides is 2. The van der Waals surface area contributed by atoms with Crippen molar-refractivity contribution in [3.63, 3.8) is 0 Å². The second-order valence-corrected chi connectivity index (χ2v) is 8.73. The second kappa shape index (κ2) is 9.61. The van der Waals surface area contributed by atoms with E-state index in [1.165, 1.54) is 0 Å². The van der Waals surface area contributed by atoms with Gasteiger partial charge in [-0.25, -0.2) is 4.98 Å². The van der Waals surface area contributed by atoms with E-state index in [1.54, 1.807) is 6.20 Å². The summed E-state index contributed by atoms with van der Waals surface area (Å²) in [6.45, 7) is 0.594. The Bertz CT molecular complexity index is 991. The van der Waals surface area contributed by atoms with Gasteiger partial charge in [-0.05, 0) is 49.9 Å². The van der Waals surface area contributed by atoms with Crippen molar-refractivity contribution in [2.45, 2.75) is 44.9 Å². The highest BCUT2D eigenvalue weighted by Crippen LogP contribution is 2.40. The van der Waals surface area contributed by atoms with E-state index in [1.807, 2.05) is 23.1 Å². The number of hydrogen-bond donors (Lipinski definition) is 1. The fourth-order valence-electron chi connectivity index (χ4n) is 4.94. The molecule has 0 spiro atoms. The van der Waals surface area contributed by atoms with Crippen LogP contribution in [0.1, 0.15) is 31.2 Å². The standard InChI is InChI=1S/C24H28F2N4O3/c25-24(26)33-19-6-3-16(4-7-19)23(31)30-15-17-2-1-9-27-22(17)28-20-8-5-18(14-21(20)30)29-10-12-32-13-11-29/h1-2,5,8-9,14,16,19,24H,3-4,6-7,10-13,15H2,(H,27,28). The number of anilines is 4. The molecule has 2 aromatic rings. The Balaban J connectivity index is 1.43. The van der Waals surface area contributed by atoms with Crippen LogP contribution >= 0.6 is 0 Å². The smallest absolute Gasteiger partial charge is 0.345 e. The molecule has 9 heteroatoms. The van der Waals surface area contributed by atoms with Crippen LogP contribution in [0, 0.1) is 5.92 Å². The van der Waals surface area contributed by atoms with Crippen LogP contribution in [0.2, 0.25) is 0 Å². The molecule has 0 unspecified atom stereocenters. The highest BCUT2D eigenvalue weighted by Gasteiger charge is 2.34. The van der Waals surface area contributed by atoms with Gasteiger partial charge in [-0.1, -0.05) is 6.07 Å². The van der Waals surface area contributed by atoms with E-state index < -0.39 is 12.7 Å². The maximum Gasteiger partial charge on any atom is 0.345 e. The summed E-state index contributed by atoms with van der Waals surface area (Å²) in [6, 6.07) is 9.95. The molecule has 3 heterocycles. The third kappa shape index (κ3) is 4.79. The van der Waals surface area contributed by atoms with Gasteiger partial charge in [0.15, 0.2) is 0 Å². The zero-order valence-corrected chi connectivity index (χ0v) is 18.4. The minimum atomic E-state index is -2.77. The van der Waals surface area contributed by atoms with Crippen molar-refractivity contribution in [2.75, 3.05) is 41.4 Å². The number of pyridine rings is 1. The van der Waals surface area contributed by atoms with Gasteiger partial charge in [-0.15, -0.1) is 0 Å². The highest BCUT2D eigenvalue weighted by molar-refractivity contribution is 6.00. The van der Waals surface area contributed by atoms with Gasteiger partial charge >= 0.3 is 6.61 Å². The summed E-state index contributed by atoms with van der Waals surface area (Å²) < 4.78 is 35.3. The van der Waals surface area contributed by atoms with Crippen molar-refractivity contribution in [1.29, 1.82) is 0 Å². The van der Waals surface area contributed by atoms with Gasteiger partial charge in [0.1, 0.15) is 5.82 Å². The van der Waals surface area contributed by atoms with Gasteiger partial charge in [-0.2, -0.15) is 8.78 Å². The molecule has 2 aliphatic heterocycles. The number of rotatable bonds is 4. The van der Waals surface area contributed by atoms with Crippen LogP contribution in [-0.4, -0.2) is 49.9 Å². The first-order chi connectivity index (χ1) is 16.1. The van der Waals surface area contributed by atoms with E-state index in [4.69, 9.17) is 4.74 Å². The molecule has 2 fully saturated rings. The third-order valence-electron chi connectivity index (χ3n) is 6.71. The quantitative estimate of drug-likeness (QED) is 0.737. The predicted octanol–water partition coefficient (Wildman–Crippen LogP) is 4.31. The Kier molecular flexibility index (Phi) is 6.41. The number of amides is 1. The van der Waals surface area contributed by atoms with E-state index in [0.717, 1.165) is 41.5 Å². The average molecular weight is 459 g/mol. The summed E-state index contributed by atoms with van der Waals surface area (Å²) >= 11 is 0. The van der Waals surface area contributed by atoms with Crippen LogP contribution in [0.4, 0.5) is 31.7 Å². The van der Waals surface area contributed by atoms with Gasteiger partial charge < -0.3 is 24.6 Å². The summed E-state index contributed by atoms with van der Waals surface area (Å²) in [5.74, 6) is 0.534. The van der Waals surface area contributed by atoms with E-state index >= 15 is 0 Å². The topological polar surface area (TPSA) is 66.9 Å². The lowest BCUT2D eigenvalue weighted by molar-refractivity contribution is -0.171. The molecule has 1 N–H and O–H groups in total. The zero-order valence-electron chi connectivity index (χ0n) is 18.4. The van der Waals surface area contributed by atoms with Gasteiger partial charge in [-0.3, -0.25) is 4.79 Å². The number of aromatic nitrogens is 1. The van der Waals surface area contributed by atoms with E-state index in [9.17, 15) is 13.6 Å². The minimum Gasteiger partial charge on any atom is -0.378 e. The summed E-state index contributed by atoms with van der Waals surface area (Å²) in [6.07, 6.45) is 3.26. The summed E-state index contributed by atoms with van der Waals surface area (Å²) in [4.78, 5) is 22.3. The molecule has 0 bridgehead atoms. The number of halogens is 2. The van der Waals surface area contributed by atoms with Crippen molar-refractivity contribution in [3.8, 4) is 0 Å². The molecule has 0 atom stereocenters. The lowest BCUT2D eigenvalue weighted by Crippen LogP contribution is -2.39. The van der Waals surface area contributed by atoms with Crippen LogP contribution < -0.4 is 15.1 Å². The fraction of sp³-hybridized carbons (Fsp3) is 0.500. The first-order valence-electron chi connectivity index (χ1n) is 11.5. The largest absolute Gasteiger partial charge is 0.378 e. The van der Waals surface area contributed by atoms with E-state index in [-0.39, 0.29) is 11.8 Å². The molecule has 1 saturated heterocycles. The van der Waals surface area contributed by atoms with E-state index in [2.05, 4.69) is 32.1 Å². The van der Waals surface area contributed by atoms with Crippen LogP contribution in [0.25, 0.3) is 0 Å². The number of carbonyl (C=O) groups excluding carboxylic acids is 1. The zero-order chi connectivity index (χ0) is 22.8. The Morgan fingerprint density at radius 2 is 1.94 bits per heavy atom. The number of hydrogen-bond acceptors (Lipinski definition) is 6. The number of fused-ring (bicyclic) bond motifs is 2. The summed E-state index contributed by atoms with van der Waals surface area (Å²) in [5.41, 5.74) is 3.62. The molecule has 1 aromatic heterocycles. The molecule has 1 saturated carbocycles. The fourth-order valence-corrected chi connectivity index (χ4v) is 4.94. The highest BCUT2D eigenvalue weighted by atomic mass is 19.3. The van der Waals surface area contributed by atoms with Crippen LogP contribution in [0.5, 0.6) is 0 Å². The monoisotopic (exact) mass is 458 g/mol. The van der Waals surface area contributed by atoms with Gasteiger partial charge in [0, 0.05) is 36.5 Å². The Hall–Kier alpha value is -2.78. The van der Waals surface area contributed by atoms with Gasteiger partial charge in [0.25, 0.3) is 0 Å². The first-order valence-corrected chi connectivity index (χ1v) is 11.5. The second-order valence-electron chi connectivity index (χ2n) is 8.73. The molecule has 0 radical (unpaired) electrons. The number of nitrogens with zero attached hydrogens (tertiary/aromatic N) is 3. The van der Waals surface area contributed by atoms with Crippen LogP contribution in [0.3, 0.4) is 0 Å². The number of carbonyl (C=O) groups is 1. The van der Waals surface area contributed by atoms with Crippen LogP contribution in [0.15, 0.2) is 36.5 Å². The van der Waals surface area contributed by atoms with Crippen molar-refractivity contribution < 1.29 is 23.0 Å². The molecule has 7 nitrogen and oxygen atoms in total. The van der Waals surface area contributed by atoms with Crippen molar-refractivity contribution in [1.82, 2.24) is 4.98 Å². The van der Waals surface area contributed by atoms with Crippen molar-refractivity contribution in [2.24, 2.45) is 5.92 Å². The average Bonchev–Trinajstić information content (AvgIpc) is 3.00. The van der Waals surface area contributed by atoms with Crippen molar-refractivity contribution in [3.05, 3.63) is 42.1 Å².